The van der Waals surface area contributed by atoms with E-state index in [1.165, 1.54) is 72.8 Å². The molecule has 20 atom stereocenters. The van der Waals surface area contributed by atoms with Crippen molar-refractivity contribution in [2.45, 2.75) is 237 Å². The van der Waals surface area contributed by atoms with Crippen molar-refractivity contribution in [2.24, 2.45) is 11.8 Å². The van der Waals surface area contributed by atoms with Gasteiger partial charge >= 0.3 is 47.5 Å². The van der Waals surface area contributed by atoms with Crippen LogP contribution < -0.4 is 62.5 Å². The van der Waals surface area contributed by atoms with Crippen LogP contribution in [0.15, 0.2) is 79.2 Å². The second-order valence-electron chi connectivity index (χ2n) is 26.9. The Morgan fingerprint density at radius 1 is 0.513 bits per heavy atom. The normalized spacial score (nSPS) is 29.0. The van der Waals surface area contributed by atoms with Crippen LogP contribution in [0.2, 0.25) is 0 Å². The summed E-state index contributed by atoms with van der Waals surface area (Å²) in [7, 11) is 3.98. The van der Waals surface area contributed by atoms with Gasteiger partial charge in [-0.2, -0.15) is 7.11 Å². The third-order valence-corrected chi connectivity index (χ3v) is 19.2. The van der Waals surface area contributed by atoms with Crippen LogP contribution in [0.25, 0.3) is 0 Å². The average molecular weight is 1710 g/mol. The van der Waals surface area contributed by atoms with E-state index in [9.17, 15) is 63.9 Å². The van der Waals surface area contributed by atoms with Crippen molar-refractivity contribution < 1.29 is 146 Å². The molecule has 113 heavy (non-hydrogen) atoms. The molecule has 7 saturated heterocycles. The number of nitrogens with one attached hydrogen (secondary N) is 6. The largest absolute Gasteiger partial charge is 1.00 e. The van der Waals surface area contributed by atoms with Crippen molar-refractivity contribution in [3.05, 3.63) is 136 Å². The number of nitrogens with zero attached hydrogens (tertiary/aromatic N) is 4. The SMILES string of the molecule is CC1(C)OC2[C@@H](CO)O[C@@H](n3cc(CO)c(=O)[nH]c3=S)[C@H]2O1.CC1(C)OC2[C@@H](CO)O[C@@H](n3ccc(=O)[nH]c3=S)[C@H]2O1.CC[C@H]1O[C@@H](OC(C)=O)[C@@H](OC(C)=O)C1C.CC[C@H]1O[C@@H](n2ccc(=O)[nH]c2=S)[C@@H](OC(C)=O)C1C.COC(C)(C)OC.C[O-].O=c1cc[nH]c(=S)[nH]1.O=c1ccn([C@@H]2O[C@H](CO)C(O)[C@@H]2O)c(=S)[nH]1.[Na+]. The number of carbonyl (C=O) groups is 3. The molecule has 12 heterocycles. The molecule has 5 unspecified atom stereocenters. The molecule has 5 aromatic rings. The minimum Gasteiger partial charge on any atom is -0.857 e. The molecule has 0 saturated carbocycles. The number of methoxy groups -OCH3 is 2. The Bertz CT molecular complexity index is 4500. The maximum absolute atomic E-state index is 11.7. The third-order valence-electron chi connectivity index (χ3n) is 17.7. The minimum atomic E-state index is -1.22. The maximum Gasteiger partial charge on any atom is 1.00 e. The van der Waals surface area contributed by atoms with Gasteiger partial charge < -0.3 is 107 Å². The second kappa shape index (κ2) is 45.2. The number of aliphatic hydroxyl groups excluding tert-OH is 6. The Morgan fingerprint density at radius 3 is 1.26 bits per heavy atom. The first-order chi connectivity index (χ1) is 52.6. The fourth-order valence-corrected chi connectivity index (χ4v) is 13.4. The first kappa shape index (κ1) is 99.5. The molecule has 0 aliphatic carbocycles. The monoisotopic (exact) mass is 1700 g/mol. The summed E-state index contributed by atoms with van der Waals surface area (Å²) in [4.78, 5) is 104. The van der Waals surface area contributed by atoms with Crippen LogP contribution in [0.5, 0.6) is 0 Å². The molecular weight excluding hydrogens is 1600 g/mol. The number of rotatable bonds is 15. The van der Waals surface area contributed by atoms with Crippen LogP contribution in [0.3, 0.4) is 0 Å². The van der Waals surface area contributed by atoms with Crippen LogP contribution in [0.4, 0.5) is 0 Å². The zero-order valence-corrected chi connectivity index (χ0v) is 71.5. The number of hydrogen-bond donors (Lipinski definition) is 12. The van der Waals surface area contributed by atoms with E-state index < -0.39 is 134 Å². The first-order valence-corrected chi connectivity index (χ1v) is 37.0. The van der Waals surface area contributed by atoms with Crippen LogP contribution >= 0.6 is 61.1 Å². The summed E-state index contributed by atoms with van der Waals surface area (Å²) in [5, 5.41) is 64.7. The van der Waals surface area contributed by atoms with Crippen molar-refractivity contribution in [3.63, 3.8) is 0 Å². The van der Waals surface area contributed by atoms with E-state index in [1.54, 1.807) is 49.6 Å². The molecule has 12 rings (SSSR count). The van der Waals surface area contributed by atoms with Gasteiger partial charge in [-0.05, 0) is 115 Å². The van der Waals surface area contributed by atoms with Gasteiger partial charge in [0.15, 0.2) is 78.3 Å². The zero-order chi connectivity index (χ0) is 84.2. The van der Waals surface area contributed by atoms with Gasteiger partial charge in [0.2, 0.25) is 6.29 Å². The third kappa shape index (κ3) is 27.4. The molecule has 5 aromatic heterocycles. The maximum atomic E-state index is 11.7. The standard InChI is InChI=1S/C13H18N2O6S.C13H18N2O4S.C12H16N2O5S.C11H18O5.C9H12N2O5S.C5H12O2.C4H4N2OS.CH3O.Na/c1-13(2)20-8-7(5-17)19-11(9(8)21-13)15-3-6(4-16)10(18)14-12(15)22;1-4-9-7(2)11(18-8(3)16)12(19-9)15-6-5-10(17)14-13(15)20;1-12(2)18-8-6(5-15)17-10(9(8)19-12)14-4-3-7(16)13-11(14)20;1-5-9-6(2)10(14-7(3)12)11(16-9)15-8(4)13;12-3-4-6(14)7(15)8(16-4)11-2-1-5(13)10-9(11)17;1-5(2,6-3)7-4;7-3-1-2-5-4(8)6-3;1-2;/h3,7-9,11,16-17H,4-5H2,1-2H3,(H,14,18,22);5-7,9,11-12H,4H2,1-3H3,(H,14,17,20);3-4,6,8-10,15H,5H2,1-2H3,(H,13,16,20);6,9-11H,5H2,1-4H3;1-2,4,6-8,12,14-15H,3H2,(H,10,13,17);1-4H3;1-2H,(H2,5,6,7,8);1H3;/q;;;;;;;-1;+1/t7-,8?,9+,11-;7?,9-,11+,12-;6-,8?,9+,10-;6?,9-,10+,11-;4-,6?,7+,8-;;;;/m11111..../s1. The molecule has 45 heteroatoms. The topological polar surface area (TPSA) is 525 Å². The Labute approximate surface area is 695 Å². The van der Waals surface area contributed by atoms with Crippen molar-refractivity contribution in [2.75, 3.05) is 41.2 Å². The van der Waals surface area contributed by atoms with Gasteiger partial charge in [-0.15, -0.1) is 0 Å². The van der Waals surface area contributed by atoms with Crippen molar-refractivity contribution in [1.29, 1.82) is 0 Å². The summed E-state index contributed by atoms with van der Waals surface area (Å²) in [5.41, 5.74) is -1.36. The number of aliphatic hydroxyl groups is 6. The predicted octanol–water partition coefficient (Wildman–Crippen LogP) is -0.897. The summed E-state index contributed by atoms with van der Waals surface area (Å²) in [6.45, 7) is 21.6. The number of aromatic nitrogens is 10. The van der Waals surface area contributed by atoms with Gasteiger partial charge in [-0.1, -0.05) is 27.7 Å². The van der Waals surface area contributed by atoms with Crippen molar-refractivity contribution >= 4 is 79.0 Å². The van der Waals surface area contributed by atoms with E-state index in [4.69, 9.17) is 125 Å². The van der Waals surface area contributed by atoms with Crippen LogP contribution in [-0.2, 0) is 87.3 Å². The predicted molar refractivity (Wildman–Crippen MR) is 403 cm³/mol. The van der Waals surface area contributed by atoms with Crippen LogP contribution in [0.1, 0.15) is 133 Å². The number of H-pyrrole nitrogens is 6. The second-order valence-corrected chi connectivity index (χ2v) is 28.8. The molecule has 0 spiro atoms. The van der Waals surface area contributed by atoms with Crippen LogP contribution in [0, 0.1) is 35.7 Å². The number of ether oxygens (including phenoxy) is 14. The van der Waals surface area contributed by atoms with Gasteiger partial charge in [0, 0.05) is 102 Å². The fourth-order valence-electron chi connectivity index (χ4n) is 12.2. The molecule has 7 aliphatic rings. The number of aromatic amines is 6. The molecule has 0 bridgehead atoms. The number of carbonyl (C=O) groups excluding carboxylic acids is 3. The van der Waals surface area contributed by atoms with E-state index in [1.807, 2.05) is 55.4 Å². The number of hydrogen-bond acceptors (Lipinski definition) is 34. The van der Waals surface area contributed by atoms with Gasteiger partial charge in [0.25, 0.3) is 27.8 Å². The Morgan fingerprint density at radius 2 is 0.885 bits per heavy atom. The molecule has 0 radical (unpaired) electrons. The molecule has 0 amide bonds. The van der Waals surface area contributed by atoms with Crippen molar-refractivity contribution in [3.8, 4) is 0 Å². The fraction of sp³-hybridized carbons (Fsp3) is 0.662. The summed E-state index contributed by atoms with van der Waals surface area (Å²) in [5.74, 6) is -3.06. The molecule has 7 fully saturated rings. The van der Waals surface area contributed by atoms with Gasteiger partial charge in [0.05, 0.1) is 44.2 Å². The summed E-state index contributed by atoms with van der Waals surface area (Å²) in [6.07, 6.45) is -1.36. The zero-order valence-electron chi connectivity index (χ0n) is 65.4. The van der Waals surface area contributed by atoms with E-state index in [0.29, 0.717) is 4.77 Å². The summed E-state index contributed by atoms with van der Waals surface area (Å²) >= 11 is 24.9. The molecule has 628 valence electrons. The Hall–Kier alpha value is -5.81. The summed E-state index contributed by atoms with van der Waals surface area (Å²) in [6, 6.07) is 5.33. The molecular formula is C68H101N10NaO29S5. The van der Waals surface area contributed by atoms with Crippen LogP contribution in [-0.4, -0.2) is 241 Å². The van der Waals surface area contributed by atoms with Gasteiger partial charge in [0.1, 0.15) is 54.9 Å². The summed E-state index contributed by atoms with van der Waals surface area (Å²) < 4.78 is 83.9. The quantitative estimate of drug-likeness (QED) is 0.0199. The van der Waals surface area contributed by atoms with Gasteiger partial charge in [-0.3, -0.25) is 81.5 Å². The molecule has 12 N–H and O–H groups in total. The Balaban J connectivity index is 0.000000283. The van der Waals surface area contributed by atoms with Crippen molar-refractivity contribution in [1.82, 2.24) is 48.2 Å². The average Bonchev–Trinajstić information content (AvgIpc) is 1.61. The minimum absolute atomic E-state index is 0. The smallest absolute Gasteiger partial charge is 0.857 e. The molecule has 7 aliphatic heterocycles. The number of esters is 3. The van der Waals surface area contributed by atoms with E-state index in [0.717, 1.165) is 20.0 Å². The number of fused-ring (bicyclic) bond motifs is 2. The van der Waals surface area contributed by atoms with E-state index in [-0.39, 0.29) is 132 Å². The van der Waals surface area contributed by atoms with E-state index in [2.05, 4.69) is 42.1 Å². The molecule has 0 aromatic carbocycles. The van der Waals surface area contributed by atoms with E-state index >= 15 is 0 Å². The molecule has 39 nitrogen and oxygen atoms in total. The first-order valence-electron chi connectivity index (χ1n) is 35.0. The Kier molecular flexibility index (Phi) is 39.8. The van der Waals surface area contributed by atoms with Gasteiger partial charge in [-0.25, -0.2) is 0 Å².